The highest BCUT2D eigenvalue weighted by Gasteiger charge is 2.28. The van der Waals surface area contributed by atoms with Gasteiger partial charge in [0, 0.05) is 11.6 Å². The summed E-state index contributed by atoms with van der Waals surface area (Å²) in [4.78, 5) is 4.46. The standard InChI is InChI=1S/C17H21NO/c1-12-5-4-7-14(11-12)17(19)16-15-8-3-2-6-13(15)9-10-18-16/h2-3,6,8-10,12,14,17,19H,4-5,7,11H2,1H3. The maximum Gasteiger partial charge on any atom is 0.0994 e. The first-order chi connectivity index (χ1) is 9.25. The summed E-state index contributed by atoms with van der Waals surface area (Å²) in [6, 6.07) is 10.2. The van der Waals surface area contributed by atoms with Crippen LogP contribution in [0.15, 0.2) is 36.5 Å². The smallest absolute Gasteiger partial charge is 0.0994 e. The Morgan fingerprint density at radius 1 is 1.21 bits per heavy atom. The first-order valence-corrected chi connectivity index (χ1v) is 7.27. The molecule has 0 spiro atoms. The molecule has 0 saturated heterocycles. The van der Waals surface area contributed by atoms with E-state index in [1.54, 1.807) is 0 Å². The fourth-order valence-corrected chi connectivity index (χ4v) is 3.37. The average molecular weight is 255 g/mol. The van der Waals surface area contributed by atoms with Crippen molar-refractivity contribution in [2.75, 3.05) is 0 Å². The number of aliphatic hydroxyl groups is 1. The largest absolute Gasteiger partial charge is 0.386 e. The van der Waals surface area contributed by atoms with E-state index >= 15 is 0 Å². The van der Waals surface area contributed by atoms with Gasteiger partial charge in [-0.05, 0) is 36.1 Å². The van der Waals surface area contributed by atoms with E-state index in [1.165, 1.54) is 12.8 Å². The first kappa shape index (κ1) is 12.6. The van der Waals surface area contributed by atoms with Crippen LogP contribution in [0, 0.1) is 11.8 Å². The van der Waals surface area contributed by atoms with E-state index in [2.05, 4.69) is 24.0 Å². The SMILES string of the molecule is CC1CCCC(C(O)c2nccc3ccccc23)C1. The summed E-state index contributed by atoms with van der Waals surface area (Å²) in [5.41, 5.74) is 0.859. The van der Waals surface area contributed by atoms with Crippen LogP contribution in [0.1, 0.15) is 44.4 Å². The monoisotopic (exact) mass is 255 g/mol. The lowest BCUT2D eigenvalue weighted by atomic mass is 9.78. The number of aliphatic hydroxyl groups excluding tert-OH is 1. The summed E-state index contributed by atoms with van der Waals surface area (Å²) in [7, 11) is 0. The van der Waals surface area contributed by atoms with E-state index in [0.29, 0.717) is 5.92 Å². The number of aromatic nitrogens is 1. The van der Waals surface area contributed by atoms with Crippen LogP contribution in [0.5, 0.6) is 0 Å². The molecule has 0 aliphatic heterocycles. The summed E-state index contributed by atoms with van der Waals surface area (Å²) >= 11 is 0. The van der Waals surface area contributed by atoms with Crippen LogP contribution < -0.4 is 0 Å². The van der Waals surface area contributed by atoms with Gasteiger partial charge in [-0.1, -0.05) is 44.0 Å². The third kappa shape index (κ3) is 2.50. The molecule has 1 aliphatic rings. The molecule has 1 N–H and O–H groups in total. The van der Waals surface area contributed by atoms with Gasteiger partial charge in [-0.2, -0.15) is 0 Å². The summed E-state index contributed by atoms with van der Waals surface area (Å²) in [5, 5.41) is 13.0. The van der Waals surface area contributed by atoms with Gasteiger partial charge in [0.05, 0.1) is 11.8 Å². The molecule has 3 rings (SSSR count). The number of fused-ring (bicyclic) bond motifs is 1. The summed E-state index contributed by atoms with van der Waals surface area (Å²) in [6.45, 7) is 2.29. The molecule has 1 fully saturated rings. The van der Waals surface area contributed by atoms with Gasteiger partial charge in [-0.3, -0.25) is 4.98 Å². The quantitative estimate of drug-likeness (QED) is 0.876. The van der Waals surface area contributed by atoms with Crippen molar-refractivity contribution < 1.29 is 5.11 Å². The summed E-state index contributed by atoms with van der Waals surface area (Å²) in [5.74, 6) is 1.09. The minimum Gasteiger partial charge on any atom is -0.386 e. The average Bonchev–Trinajstić information content (AvgIpc) is 2.46. The minimum absolute atomic E-state index is 0.363. The number of nitrogens with zero attached hydrogens (tertiary/aromatic N) is 1. The summed E-state index contributed by atoms with van der Waals surface area (Å²) < 4.78 is 0. The van der Waals surface area contributed by atoms with Crippen LogP contribution in [0.4, 0.5) is 0 Å². The first-order valence-electron chi connectivity index (χ1n) is 7.27. The van der Waals surface area contributed by atoms with Crippen LogP contribution >= 0.6 is 0 Å². The van der Waals surface area contributed by atoms with Crippen molar-refractivity contribution in [1.82, 2.24) is 4.98 Å². The maximum atomic E-state index is 10.7. The molecule has 0 bridgehead atoms. The molecule has 3 unspecified atom stereocenters. The molecule has 2 heteroatoms. The molecule has 0 radical (unpaired) electrons. The van der Waals surface area contributed by atoms with Crippen LogP contribution in [0.3, 0.4) is 0 Å². The van der Waals surface area contributed by atoms with Gasteiger partial charge >= 0.3 is 0 Å². The number of benzene rings is 1. The molecule has 1 aromatic carbocycles. The lowest BCUT2D eigenvalue weighted by Gasteiger charge is -2.30. The second kappa shape index (κ2) is 5.30. The number of hydrogen-bond acceptors (Lipinski definition) is 2. The van der Waals surface area contributed by atoms with Crippen molar-refractivity contribution in [1.29, 1.82) is 0 Å². The highest BCUT2D eigenvalue weighted by Crippen LogP contribution is 2.38. The number of rotatable bonds is 2. The predicted octanol–water partition coefficient (Wildman–Crippen LogP) is 4.09. The molecule has 1 aromatic heterocycles. The molecule has 1 aliphatic carbocycles. The molecular weight excluding hydrogens is 234 g/mol. The topological polar surface area (TPSA) is 33.1 Å². The van der Waals surface area contributed by atoms with E-state index in [0.717, 1.165) is 35.2 Å². The van der Waals surface area contributed by atoms with Gasteiger partial charge in [-0.15, -0.1) is 0 Å². The minimum atomic E-state index is -0.422. The molecule has 2 nitrogen and oxygen atoms in total. The third-order valence-electron chi connectivity index (χ3n) is 4.41. The van der Waals surface area contributed by atoms with Gasteiger partial charge in [0.1, 0.15) is 0 Å². The molecule has 2 aromatic rings. The van der Waals surface area contributed by atoms with Crippen molar-refractivity contribution in [2.24, 2.45) is 11.8 Å². The van der Waals surface area contributed by atoms with Gasteiger partial charge in [0.2, 0.25) is 0 Å². The highest BCUT2D eigenvalue weighted by atomic mass is 16.3. The van der Waals surface area contributed by atoms with Gasteiger partial charge in [-0.25, -0.2) is 0 Å². The normalized spacial score (nSPS) is 25.4. The fraction of sp³-hybridized carbons (Fsp3) is 0.471. The number of hydrogen-bond donors (Lipinski definition) is 1. The molecule has 0 amide bonds. The zero-order chi connectivity index (χ0) is 13.2. The molecular formula is C17H21NO. The van der Waals surface area contributed by atoms with Crippen LogP contribution in [0.25, 0.3) is 10.8 Å². The molecule has 1 saturated carbocycles. The van der Waals surface area contributed by atoms with Crippen LogP contribution in [-0.4, -0.2) is 10.1 Å². The Morgan fingerprint density at radius 3 is 2.89 bits per heavy atom. The van der Waals surface area contributed by atoms with Gasteiger partial charge in [0.25, 0.3) is 0 Å². The highest BCUT2D eigenvalue weighted by molar-refractivity contribution is 5.84. The van der Waals surface area contributed by atoms with E-state index in [-0.39, 0.29) is 0 Å². The van der Waals surface area contributed by atoms with Crippen molar-refractivity contribution in [3.8, 4) is 0 Å². The fourth-order valence-electron chi connectivity index (χ4n) is 3.37. The maximum absolute atomic E-state index is 10.7. The predicted molar refractivity (Wildman–Crippen MR) is 77.8 cm³/mol. The zero-order valence-electron chi connectivity index (χ0n) is 11.4. The van der Waals surface area contributed by atoms with Crippen LogP contribution in [-0.2, 0) is 0 Å². The van der Waals surface area contributed by atoms with Gasteiger partial charge < -0.3 is 5.11 Å². The van der Waals surface area contributed by atoms with Crippen molar-refractivity contribution in [3.05, 3.63) is 42.2 Å². The Morgan fingerprint density at radius 2 is 2.05 bits per heavy atom. The molecule has 19 heavy (non-hydrogen) atoms. The van der Waals surface area contributed by atoms with E-state index in [4.69, 9.17) is 0 Å². The second-order valence-corrected chi connectivity index (χ2v) is 5.89. The lowest BCUT2D eigenvalue weighted by Crippen LogP contribution is -2.21. The molecule has 100 valence electrons. The Kier molecular flexibility index (Phi) is 3.52. The van der Waals surface area contributed by atoms with Crippen molar-refractivity contribution in [3.63, 3.8) is 0 Å². The number of pyridine rings is 1. The van der Waals surface area contributed by atoms with Crippen molar-refractivity contribution >= 4 is 10.8 Å². The Bertz CT molecular complexity index is 561. The third-order valence-corrected chi connectivity index (χ3v) is 4.41. The van der Waals surface area contributed by atoms with Gasteiger partial charge in [0.15, 0.2) is 0 Å². The Balaban J connectivity index is 1.95. The summed E-state index contributed by atoms with van der Waals surface area (Å²) in [6.07, 6.45) is 6.16. The van der Waals surface area contributed by atoms with Crippen molar-refractivity contribution in [2.45, 2.75) is 38.7 Å². The van der Waals surface area contributed by atoms with E-state index in [9.17, 15) is 5.11 Å². The molecule has 1 heterocycles. The lowest BCUT2D eigenvalue weighted by molar-refractivity contribution is 0.0693. The van der Waals surface area contributed by atoms with E-state index < -0.39 is 6.10 Å². The Hall–Kier alpha value is -1.41. The van der Waals surface area contributed by atoms with Crippen LogP contribution in [0.2, 0.25) is 0 Å². The second-order valence-electron chi connectivity index (χ2n) is 5.89. The van der Waals surface area contributed by atoms with E-state index in [1.807, 2.05) is 24.4 Å². The Labute approximate surface area is 114 Å². The zero-order valence-corrected chi connectivity index (χ0v) is 11.4. The molecule has 3 atom stereocenters.